The van der Waals surface area contributed by atoms with Gasteiger partial charge in [0.05, 0.1) is 4.91 Å². The van der Waals surface area contributed by atoms with Crippen LogP contribution in [0.2, 0.25) is 0 Å². The monoisotopic (exact) mass is 210 g/mol. The maximum atomic E-state index is 11.4. The van der Waals surface area contributed by atoms with E-state index in [9.17, 15) is 9.59 Å². The second-order valence-electron chi connectivity index (χ2n) is 3.33. The van der Waals surface area contributed by atoms with Gasteiger partial charge in [-0.2, -0.15) is 0 Å². The van der Waals surface area contributed by atoms with Crippen molar-refractivity contribution in [2.24, 2.45) is 0 Å². The number of hydrogen-bond acceptors (Lipinski definition) is 3. The standard InChI is InChI=1S/C11H14O2S/c1-3-4-8(2)14-11-7-9(12)5-6-10(11)13/h5-8H,3-4H2,1-2H3. The van der Waals surface area contributed by atoms with Crippen molar-refractivity contribution in [1.82, 2.24) is 0 Å². The molecule has 14 heavy (non-hydrogen) atoms. The lowest BCUT2D eigenvalue weighted by atomic mass is 10.2. The van der Waals surface area contributed by atoms with Crippen LogP contribution in [0.25, 0.3) is 0 Å². The summed E-state index contributed by atoms with van der Waals surface area (Å²) >= 11 is 1.50. The fourth-order valence-corrected chi connectivity index (χ4v) is 2.42. The third-order valence-corrected chi connectivity index (χ3v) is 3.15. The van der Waals surface area contributed by atoms with E-state index in [4.69, 9.17) is 0 Å². The van der Waals surface area contributed by atoms with E-state index in [1.807, 2.05) is 0 Å². The number of ketones is 2. The lowest BCUT2D eigenvalue weighted by Crippen LogP contribution is -2.08. The molecule has 0 saturated carbocycles. The molecular formula is C11H14O2S. The molecular weight excluding hydrogens is 196 g/mol. The molecule has 0 heterocycles. The van der Waals surface area contributed by atoms with Gasteiger partial charge in [0.15, 0.2) is 11.6 Å². The smallest absolute Gasteiger partial charge is 0.192 e. The second kappa shape index (κ2) is 5.15. The summed E-state index contributed by atoms with van der Waals surface area (Å²) in [7, 11) is 0. The molecule has 0 saturated heterocycles. The van der Waals surface area contributed by atoms with Gasteiger partial charge >= 0.3 is 0 Å². The minimum atomic E-state index is -0.0872. The zero-order valence-corrected chi connectivity index (χ0v) is 9.26. The number of thioether (sulfide) groups is 1. The Morgan fingerprint density at radius 2 is 2.07 bits per heavy atom. The molecule has 0 aliphatic heterocycles. The van der Waals surface area contributed by atoms with Crippen LogP contribution in [0, 0.1) is 0 Å². The fraction of sp³-hybridized carbons (Fsp3) is 0.455. The average molecular weight is 210 g/mol. The number of rotatable bonds is 4. The third kappa shape index (κ3) is 3.14. The van der Waals surface area contributed by atoms with Crippen LogP contribution in [0.3, 0.4) is 0 Å². The minimum Gasteiger partial charge on any atom is -0.290 e. The molecule has 0 spiro atoms. The first kappa shape index (κ1) is 11.2. The maximum Gasteiger partial charge on any atom is 0.192 e. The van der Waals surface area contributed by atoms with Gasteiger partial charge < -0.3 is 0 Å². The van der Waals surface area contributed by atoms with Gasteiger partial charge in [0, 0.05) is 11.3 Å². The quantitative estimate of drug-likeness (QED) is 0.668. The van der Waals surface area contributed by atoms with E-state index in [-0.39, 0.29) is 11.6 Å². The molecule has 3 heteroatoms. The Morgan fingerprint density at radius 3 is 2.71 bits per heavy atom. The molecule has 0 aromatic heterocycles. The van der Waals surface area contributed by atoms with E-state index < -0.39 is 0 Å². The molecule has 1 atom stereocenters. The molecule has 0 bridgehead atoms. The zero-order valence-electron chi connectivity index (χ0n) is 8.45. The Labute approximate surface area is 88.4 Å². The first-order valence-corrected chi connectivity index (χ1v) is 5.66. The van der Waals surface area contributed by atoms with E-state index in [2.05, 4.69) is 13.8 Å². The Balaban J connectivity index is 2.59. The molecule has 0 amide bonds. The summed E-state index contributed by atoms with van der Waals surface area (Å²) in [6.07, 6.45) is 6.26. The first-order chi connectivity index (χ1) is 6.63. The van der Waals surface area contributed by atoms with E-state index in [1.54, 1.807) is 0 Å². The van der Waals surface area contributed by atoms with Crippen LogP contribution in [-0.2, 0) is 9.59 Å². The highest BCUT2D eigenvalue weighted by Gasteiger charge is 2.16. The predicted octanol–water partition coefficient (Wildman–Crippen LogP) is 2.50. The Bertz CT molecular complexity index is 302. The molecule has 0 aromatic rings. The molecule has 1 unspecified atom stereocenters. The van der Waals surface area contributed by atoms with Gasteiger partial charge in [-0.05, 0) is 18.6 Å². The average Bonchev–Trinajstić information content (AvgIpc) is 2.12. The summed E-state index contributed by atoms with van der Waals surface area (Å²) in [5.41, 5.74) is 0. The van der Waals surface area contributed by atoms with Crippen molar-refractivity contribution in [1.29, 1.82) is 0 Å². The van der Waals surface area contributed by atoms with Gasteiger partial charge in [-0.15, -0.1) is 11.8 Å². The number of hydrogen-bond donors (Lipinski definition) is 0. The topological polar surface area (TPSA) is 34.1 Å². The summed E-state index contributed by atoms with van der Waals surface area (Å²) in [6.45, 7) is 4.18. The largest absolute Gasteiger partial charge is 0.290 e. The van der Waals surface area contributed by atoms with Gasteiger partial charge in [0.25, 0.3) is 0 Å². The summed E-state index contributed by atoms with van der Waals surface area (Å²) in [5.74, 6) is -0.131. The van der Waals surface area contributed by atoms with Gasteiger partial charge in [-0.25, -0.2) is 0 Å². The van der Waals surface area contributed by atoms with Crippen LogP contribution in [0.5, 0.6) is 0 Å². The predicted molar refractivity (Wildman–Crippen MR) is 59.2 cm³/mol. The van der Waals surface area contributed by atoms with Gasteiger partial charge in [0.1, 0.15) is 0 Å². The van der Waals surface area contributed by atoms with Crippen molar-refractivity contribution in [3.63, 3.8) is 0 Å². The van der Waals surface area contributed by atoms with Crippen molar-refractivity contribution >= 4 is 23.3 Å². The Kier molecular flexibility index (Phi) is 4.14. The van der Waals surface area contributed by atoms with Crippen molar-refractivity contribution in [3.8, 4) is 0 Å². The lowest BCUT2D eigenvalue weighted by molar-refractivity contribution is -0.114. The molecule has 76 valence electrons. The molecule has 0 radical (unpaired) electrons. The van der Waals surface area contributed by atoms with Crippen LogP contribution < -0.4 is 0 Å². The maximum absolute atomic E-state index is 11.4. The highest BCUT2D eigenvalue weighted by molar-refractivity contribution is 8.04. The summed E-state index contributed by atoms with van der Waals surface area (Å²) in [6, 6.07) is 0. The Hall–Kier alpha value is -0.830. The van der Waals surface area contributed by atoms with Gasteiger partial charge in [-0.1, -0.05) is 20.3 Å². The molecule has 0 aromatic carbocycles. The molecule has 0 N–H and O–H groups in total. The summed E-state index contributed by atoms with van der Waals surface area (Å²) in [5, 5.41) is 0.398. The van der Waals surface area contributed by atoms with Gasteiger partial charge in [-0.3, -0.25) is 9.59 Å². The highest BCUT2D eigenvalue weighted by Crippen LogP contribution is 2.27. The highest BCUT2D eigenvalue weighted by atomic mass is 32.2. The SMILES string of the molecule is CCCC(C)SC1=CC(=O)C=CC1=O. The zero-order chi connectivity index (χ0) is 10.6. The first-order valence-electron chi connectivity index (χ1n) is 4.78. The normalized spacial score (nSPS) is 18.3. The molecule has 1 rings (SSSR count). The van der Waals surface area contributed by atoms with Crippen LogP contribution in [0.4, 0.5) is 0 Å². The number of allylic oxidation sites excluding steroid dienone is 4. The van der Waals surface area contributed by atoms with Crippen molar-refractivity contribution in [2.75, 3.05) is 0 Å². The van der Waals surface area contributed by atoms with Gasteiger partial charge in [0.2, 0.25) is 0 Å². The minimum absolute atomic E-state index is 0.0439. The van der Waals surface area contributed by atoms with Crippen molar-refractivity contribution in [2.45, 2.75) is 31.9 Å². The van der Waals surface area contributed by atoms with E-state index >= 15 is 0 Å². The molecule has 1 aliphatic rings. The fourth-order valence-electron chi connectivity index (χ4n) is 1.26. The summed E-state index contributed by atoms with van der Waals surface area (Å²) < 4.78 is 0. The van der Waals surface area contributed by atoms with Crippen molar-refractivity contribution < 1.29 is 9.59 Å². The van der Waals surface area contributed by atoms with Crippen LogP contribution in [0.15, 0.2) is 23.1 Å². The lowest BCUT2D eigenvalue weighted by Gasteiger charge is -2.12. The Morgan fingerprint density at radius 1 is 1.36 bits per heavy atom. The number of carbonyl (C=O) groups is 2. The van der Waals surface area contributed by atoms with E-state index in [0.717, 1.165) is 12.8 Å². The van der Waals surface area contributed by atoms with E-state index in [0.29, 0.717) is 10.2 Å². The van der Waals surface area contributed by atoms with Crippen LogP contribution in [-0.4, -0.2) is 16.8 Å². The van der Waals surface area contributed by atoms with Crippen LogP contribution >= 0.6 is 11.8 Å². The second-order valence-corrected chi connectivity index (χ2v) is 4.81. The molecule has 2 nitrogen and oxygen atoms in total. The third-order valence-electron chi connectivity index (χ3n) is 1.94. The van der Waals surface area contributed by atoms with Crippen molar-refractivity contribution in [3.05, 3.63) is 23.1 Å². The van der Waals surface area contributed by atoms with E-state index in [1.165, 1.54) is 30.0 Å². The summed E-state index contributed by atoms with van der Waals surface area (Å²) in [4.78, 5) is 23.0. The molecule has 1 aliphatic carbocycles. The number of carbonyl (C=O) groups excluding carboxylic acids is 2. The molecule has 0 fully saturated rings. The van der Waals surface area contributed by atoms with Crippen LogP contribution in [0.1, 0.15) is 26.7 Å².